The van der Waals surface area contributed by atoms with Crippen LogP contribution in [0, 0.1) is 0 Å². The number of hydrogen-bond donors (Lipinski definition) is 1. The van der Waals surface area contributed by atoms with E-state index in [4.69, 9.17) is 0 Å². The van der Waals surface area contributed by atoms with Crippen molar-refractivity contribution in [1.82, 2.24) is 10.2 Å². The lowest BCUT2D eigenvalue weighted by Gasteiger charge is -2.33. The molecule has 1 heterocycles. The van der Waals surface area contributed by atoms with Gasteiger partial charge in [0.05, 0.1) is 5.41 Å². The molecule has 4 nitrogen and oxygen atoms in total. The van der Waals surface area contributed by atoms with Crippen molar-refractivity contribution in [2.45, 2.75) is 44.1 Å². The lowest BCUT2D eigenvalue weighted by Crippen LogP contribution is -2.51. The fraction of sp³-hybridized carbons (Fsp3) is 0.529. The van der Waals surface area contributed by atoms with Crippen molar-refractivity contribution in [3.8, 4) is 0 Å². The summed E-state index contributed by atoms with van der Waals surface area (Å²) in [5.41, 5.74) is 0.793. The summed E-state index contributed by atoms with van der Waals surface area (Å²) in [6.07, 6.45) is 3.77. The van der Waals surface area contributed by atoms with Gasteiger partial charge in [-0.15, -0.1) is 0 Å². The molecule has 2 amide bonds. The van der Waals surface area contributed by atoms with Gasteiger partial charge in [0.2, 0.25) is 11.8 Å². The molecule has 1 saturated heterocycles. The second-order valence-corrected chi connectivity index (χ2v) is 6.23. The maximum Gasteiger partial charge on any atom is 0.230 e. The number of nitrogens with zero attached hydrogens (tertiary/aromatic N) is 1. The van der Waals surface area contributed by atoms with Crippen LogP contribution in [0.15, 0.2) is 30.3 Å². The molecule has 1 atom stereocenters. The summed E-state index contributed by atoms with van der Waals surface area (Å²) >= 11 is 0. The normalized spacial score (nSPS) is 23.5. The zero-order valence-corrected chi connectivity index (χ0v) is 12.5. The van der Waals surface area contributed by atoms with Crippen LogP contribution < -0.4 is 5.32 Å². The van der Waals surface area contributed by atoms with Crippen LogP contribution in [0.25, 0.3) is 0 Å². The third-order valence-corrected chi connectivity index (χ3v) is 4.71. The molecule has 4 heteroatoms. The summed E-state index contributed by atoms with van der Waals surface area (Å²) in [5.74, 6) is 0.224. The smallest absolute Gasteiger partial charge is 0.230 e. The largest absolute Gasteiger partial charge is 0.351 e. The third kappa shape index (κ3) is 2.80. The Morgan fingerprint density at radius 1 is 1.24 bits per heavy atom. The first kappa shape index (κ1) is 14.1. The van der Waals surface area contributed by atoms with Gasteiger partial charge in [-0.3, -0.25) is 9.59 Å². The predicted octanol–water partition coefficient (Wildman–Crippen LogP) is 1.85. The molecule has 1 saturated carbocycles. The predicted molar refractivity (Wildman–Crippen MR) is 80.8 cm³/mol. The SMILES string of the molecule is CC(=O)N1CCC[C@H](NC(=O)C2(c3ccccc3)CC2)C1. The molecule has 1 aromatic rings. The molecule has 1 N–H and O–H groups in total. The van der Waals surface area contributed by atoms with E-state index < -0.39 is 0 Å². The third-order valence-electron chi connectivity index (χ3n) is 4.71. The highest BCUT2D eigenvalue weighted by atomic mass is 16.2. The number of carbonyl (C=O) groups excluding carboxylic acids is 2. The standard InChI is InChI=1S/C17H22N2O2/c1-13(20)19-11-5-8-15(12-19)18-16(21)17(9-10-17)14-6-3-2-4-7-14/h2-4,6-7,15H,5,8-12H2,1H3,(H,18,21)/t15-/m0/s1. The lowest BCUT2D eigenvalue weighted by atomic mass is 9.94. The molecule has 1 aliphatic carbocycles. The number of nitrogens with one attached hydrogen (secondary N) is 1. The molecule has 21 heavy (non-hydrogen) atoms. The van der Waals surface area contributed by atoms with E-state index in [-0.39, 0.29) is 23.3 Å². The van der Waals surface area contributed by atoms with Crippen LogP contribution in [0.5, 0.6) is 0 Å². The zero-order valence-electron chi connectivity index (χ0n) is 12.5. The Labute approximate surface area is 125 Å². The fourth-order valence-electron chi connectivity index (χ4n) is 3.23. The molecule has 0 spiro atoms. The van der Waals surface area contributed by atoms with Crippen LogP contribution in [-0.4, -0.2) is 35.8 Å². The van der Waals surface area contributed by atoms with Crippen molar-refractivity contribution in [2.75, 3.05) is 13.1 Å². The molecule has 0 aromatic heterocycles. The molecule has 2 aliphatic rings. The van der Waals surface area contributed by atoms with Gasteiger partial charge in [-0.1, -0.05) is 30.3 Å². The number of likely N-dealkylation sites (tertiary alicyclic amines) is 1. The van der Waals surface area contributed by atoms with E-state index in [1.165, 1.54) is 0 Å². The summed E-state index contributed by atoms with van der Waals surface area (Å²) in [7, 11) is 0. The minimum absolute atomic E-state index is 0.0938. The Hall–Kier alpha value is -1.84. The van der Waals surface area contributed by atoms with Crippen molar-refractivity contribution in [3.63, 3.8) is 0 Å². The molecular weight excluding hydrogens is 264 g/mol. The molecule has 3 rings (SSSR count). The zero-order chi connectivity index (χ0) is 14.9. The van der Waals surface area contributed by atoms with Crippen LogP contribution in [0.3, 0.4) is 0 Å². The van der Waals surface area contributed by atoms with Crippen molar-refractivity contribution < 1.29 is 9.59 Å². The molecule has 0 bridgehead atoms. The first-order chi connectivity index (χ1) is 10.1. The van der Waals surface area contributed by atoms with E-state index >= 15 is 0 Å². The van der Waals surface area contributed by atoms with Gasteiger partial charge in [-0.05, 0) is 31.2 Å². The molecule has 112 valence electrons. The molecule has 1 aliphatic heterocycles. The minimum atomic E-state index is -0.320. The van der Waals surface area contributed by atoms with E-state index in [0.717, 1.165) is 37.8 Å². The summed E-state index contributed by atoms with van der Waals surface area (Å²) in [4.78, 5) is 26.0. The van der Waals surface area contributed by atoms with Gasteiger partial charge in [0.1, 0.15) is 0 Å². The van der Waals surface area contributed by atoms with Crippen LogP contribution in [0.1, 0.15) is 38.2 Å². The van der Waals surface area contributed by atoms with Gasteiger partial charge in [-0.25, -0.2) is 0 Å². The number of rotatable bonds is 3. The average molecular weight is 286 g/mol. The average Bonchev–Trinajstić information content (AvgIpc) is 3.30. The monoisotopic (exact) mass is 286 g/mol. The maximum absolute atomic E-state index is 12.7. The molecular formula is C17H22N2O2. The molecule has 2 fully saturated rings. The highest BCUT2D eigenvalue weighted by Crippen LogP contribution is 2.48. The minimum Gasteiger partial charge on any atom is -0.351 e. The van der Waals surface area contributed by atoms with Crippen molar-refractivity contribution in [2.24, 2.45) is 0 Å². The highest BCUT2D eigenvalue weighted by Gasteiger charge is 2.51. The number of benzene rings is 1. The van der Waals surface area contributed by atoms with Gasteiger partial charge in [0.15, 0.2) is 0 Å². The molecule has 1 aromatic carbocycles. The topological polar surface area (TPSA) is 49.4 Å². The van der Waals surface area contributed by atoms with Crippen molar-refractivity contribution in [1.29, 1.82) is 0 Å². The van der Waals surface area contributed by atoms with Crippen molar-refractivity contribution >= 4 is 11.8 Å². The number of carbonyl (C=O) groups is 2. The molecule has 0 unspecified atom stereocenters. The van der Waals surface area contributed by atoms with Gasteiger partial charge in [0.25, 0.3) is 0 Å². The van der Waals surface area contributed by atoms with Gasteiger partial charge in [0, 0.05) is 26.1 Å². The van der Waals surface area contributed by atoms with E-state index in [0.29, 0.717) is 6.54 Å². The molecule has 0 radical (unpaired) electrons. The summed E-state index contributed by atoms with van der Waals surface area (Å²) < 4.78 is 0. The first-order valence-electron chi connectivity index (χ1n) is 7.74. The van der Waals surface area contributed by atoms with Crippen LogP contribution in [0.4, 0.5) is 0 Å². The Bertz CT molecular complexity index is 537. The van der Waals surface area contributed by atoms with E-state index in [2.05, 4.69) is 5.32 Å². The highest BCUT2D eigenvalue weighted by molar-refractivity contribution is 5.91. The van der Waals surface area contributed by atoms with Crippen molar-refractivity contribution in [3.05, 3.63) is 35.9 Å². The first-order valence-corrected chi connectivity index (χ1v) is 7.74. The fourth-order valence-corrected chi connectivity index (χ4v) is 3.23. The Morgan fingerprint density at radius 2 is 1.95 bits per heavy atom. The van der Waals surface area contributed by atoms with Crippen LogP contribution in [0.2, 0.25) is 0 Å². The number of piperidine rings is 1. The second kappa shape index (κ2) is 5.51. The summed E-state index contributed by atoms with van der Waals surface area (Å²) in [5, 5.41) is 3.17. The van der Waals surface area contributed by atoms with Gasteiger partial charge in [-0.2, -0.15) is 0 Å². The summed E-state index contributed by atoms with van der Waals surface area (Å²) in [6, 6.07) is 10.1. The van der Waals surface area contributed by atoms with Gasteiger partial charge >= 0.3 is 0 Å². The quantitative estimate of drug-likeness (QED) is 0.922. The lowest BCUT2D eigenvalue weighted by molar-refractivity contribution is -0.132. The second-order valence-electron chi connectivity index (χ2n) is 6.23. The summed E-state index contributed by atoms with van der Waals surface area (Å²) in [6.45, 7) is 3.05. The Balaban J connectivity index is 1.65. The van der Waals surface area contributed by atoms with Crippen LogP contribution in [-0.2, 0) is 15.0 Å². The van der Waals surface area contributed by atoms with Crippen LogP contribution >= 0.6 is 0 Å². The van der Waals surface area contributed by atoms with E-state index in [1.807, 2.05) is 35.2 Å². The number of amides is 2. The van der Waals surface area contributed by atoms with E-state index in [1.54, 1.807) is 6.92 Å². The Morgan fingerprint density at radius 3 is 2.57 bits per heavy atom. The van der Waals surface area contributed by atoms with Gasteiger partial charge < -0.3 is 10.2 Å². The van der Waals surface area contributed by atoms with E-state index in [9.17, 15) is 9.59 Å². The maximum atomic E-state index is 12.7. The Kier molecular flexibility index (Phi) is 3.70. The number of hydrogen-bond acceptors (Lipinski definition) is 2.